The highest BCUT2D eigenvalue weighted by atomic mass is 79.9. The number of benzene rings is 2. The van der Waals surface area contributed by atoms with Crippen LogP contribution < -0.4 is 4.74 Å². The predicted molar refractivity (Wildman–Crippen MR) is 82.0 cm³/mol. The lowest BCUT2D eigenvalue weighted by Crippen LogP contribution is -2.06. The van der Waals surface area contributed by atoms with Gasteiger partial charge in [0.05, 0.1) is 11.6 Å². The van der Waals surface area contributed by atoms with Crippen molar-refractivity contribution in [1.82, 2.24) is 0 Å². The van der Waals surface area contributed by atoms with Gasteiger partial charge >= 0.3 is 0 Å². The lowest BCUT2D eigenvalue weighted by Gasteiger charge is -2.13. The van der Waals surface area contributed by atoms with Crippen molar-refractivity contribution in [1.29, 1.82) is 0 Å². The third-order valence-corrected chi connectivity index (χ3v) is 5.17. The molecule has 0 radical (unpaired) electrons. The number of hydrogen-bond donors (Lipinski definition) is 0. The molecule has 0 heterocycles. The van der Waals surface area contributed by atoms with Crippen molar-refractivity contribution in [3.63, 3.8) is 0 Å². The summed E-state index contributed by atoms with van der Waals surface area (Å²) in [6, 6.07) is 13.6. The second-order valence-corrected chi connectivity index (χ2v) is 6.55. The molecule has 0 saturated carbocycles. The van der Waals surface area contributed by atoms with Crippen LogP contribution in [0.1, 0.15) is 11.1 Å². The van der Waals surface area contributed by atoms with Crippen LogP contribution in [0.3, 0.4) is 0 Å². The minimum Gasteiger partial charge on any atom is -0.611 e. The summed E-state index contributed by atoms with van der Waals surface area (Å²) in [7, 11) is 1.64. The molecule has 2 rings (SSSR count). The topological polar surface area (TPSA) is 32.3 Å². The van der Waals surface area contributed by atoms with E-state index in [1.54, 1.807) is 7.11 Å². The Morgan fingerprint density at radius 3 is 2.47 bits per heavy atom. The molecule has 100 valence electrons. The van der Waals surface area contributed by atoms with E-state index in [0.29, 0.717) is 5.75 Å². The first-order chi connectivity index (χ1) is 9.10. The van der Waals surface area contributed by atoms with E-state index in [9.17, 15) is 4.55 Å². The van der Waals surface area contributed by atoms with Gasteiger partial charge in [0.15, 0.2) is 4.90 Å². The second-order valence-electron chi connectivity index (χ2n) is 4.27. The van der Waals surface area contributed by atoms with E-state index in [2.05, 4.69) is 15.9 Å². The maximum Gasteiger partial charge on any atom is 0.167 e. The summed E-state index contributed by atoms with van der Waals surface area (Å²) in [4.78, 5) is 0.843. The van der Waals surface area contributed by atoms with E-state index in [4.69, 9.17) is 4.74 Å². The molecule has 1 atom stereocenters. The summed E-state index contributed by atoms with van der Waals surface area (Å²) in [5.74, 6) is 1.32. The highest BCUT2D eigenvalue weighted by Crippen LogP contribution is 2.26. The zero-order chi connectivity index (χ0) is 13.8. The molecule has 0 aliphatic heterocycles. The molecule has 2 aromatic rings. The van der Waals surface area contributed by atoms with Gasteiger partial charge in [-0.2, -0.15) is 0 Å². The van der Waals surface area contributed by atoms with Crippen LogP contribution in [0.15, 0.2) is 51.8 Å². The van der Waals surface area contributed by atoms with Gasteiger partial charge in [-0.3, -0.25) is 0 Å². The van der Waals surface area contributed by atoms with E-state index in [1.165, 1.54) is 0 Å². The molecule has 0 saturated heterocycles. The molecule has 0 N–H and O–H groups in total. The molecular weight excluding hydrogens is 324 g/mol. The van der Waals surface area contributed by atoms with Crippen LogP contribution in [0.5, 0.6) is 5.75 Å². The van der Waals surface area contributed by atoms with Crippen LogP contribution in [0.4, 0.5) is 0 Å². The van der Waals surface area contributed by atoms with E-state index < -0.39 is 11.2 Å². The summed E-state index contributed by atoms with van der Waals surface area (Å²) in [6.45, 7) is 2.00. The molecule has 0 aliphatic rings. The van der Waals surface area contributed by atoms with E-state index in [1.807, 2.05) is 49.4 Å². The van der Waals surface area contributed by atoms with Crippen LogP contribution in [0.25, 0.3) is 0 Å². The standard InChI is InChI=1S/C15H15BrO2S/c1-11-3-8-14(16)15(9-11)19(17)10-12-4-6-13(18-2)7-5-12/h3-9H,10H2,1-2H3. The summed E-state index contributed by atoms with van der Waals surface area (Å²) in [5, 5.41) is 0. The van der Waals surface area contributed by atoms with Crippen LogP contribution in [-0.4, -0.2) is 11.7 Å². The first-order valence-corrected chi connectivity index (χ1v) is 7.99. The molecule has 0 aliphatic carbocycles. The van der Waals surface area contributed by atoms with Crippen LogP contribution in [0.2, 0.25) is 0 Å². The number of halogens is 1. The van der Waals surface area contributed by atoms with Crippen molar-refractivity contribution < 1.29 is 9.29 Å². The molecule has 0 amide bonds. The predicted octanol–water partition coefficient (Wildman–Crippen LogP) is 4.07. The minimum atomic E-state index is -1.05. The highest BCUT2D eigenvalue weighted by Gasteiger charge is 2.16. The highest BCUT2D eigenvalue weighted by molar-refractivity contribution is 9.10. The third kappa shape index (κ3) is 3.75. The zero-order valence-corrected chi connectivity index (χ0v) is 13.3. The summed E-state index contributed by atoms with van der Waals surface area (Å²) < 4.78 is 18.4. The molecule has 2 nitrogen and oxygen atoms in total. The zero-order valence-electron chi connectivity index (χ0n) is 10.9. The lowest BCUT2D eigenvalue weighted by molar-refractivity contribution is 0.414. The quantitative estimate of drug-likeness (QED) is 0.787. The molecule has 0 aromatic heterocycles. The first kappa shape index (κ1) is 14.4. The fourth-order valence-electron chi connectivity index (χ4n) is 1.74. The second kappa shape index (κ2) is 6.46. The largest absolute Gasteiger partial charge is 0.611 e. The molecule has 19 heavy (non-hydrogen) atoms. The van der Waals surface area contributed by atoms with Gasteiger partial charge < -0.3 is 9.29 Å². The number of ether oxygens (including phenoxy) is 1. The molecule has 1 unspecified atom stereocenters. The molecule has 0 spiro atoms. The number of methoxy groups -OCH3 is 1. The smallest absolute Gasteiger partial charge is 0.167 e. The summed E-state index contributed by atoms with van der Waals surface area (Å²) in [6.07, 6.45) is 0. The number of hydrogen-bond acceptors (Lipinski definition) is 2. The van der Waals surface area contributed by atoms with Gasteiger partial charge in [0, 0.05) is 5.56 Å². The van der Waals surface area contributed by atoms with Gasteiger partial charge in [-0.1, -0.05) is 18.2 Å². The van der Waals surface area contributed by atoms with Crippen molar-refractivity contribution >= 4 is 27.1 Å². The Morgan fingerprint density at radius 1 is 1.16 bits per heavy atom. The molecular formula is C15H15BrO2S. The summed E-state index contributed by atoms with van der Waals surface area (Å²) in [5.41, 5.74) is 2.15. The van der Waals surface area contributed by atoms with Crippen molar-refractivity contribution in [3.8, 4) is 5.75 Å². The Kier molecular flexibility index (Phi) is 4.91. The van der Waals surface area contributed by atoms with Crippen LogP contribution >= 0.6 is 15.9 Å². The van der Waals surface area contributed by atoms with E-state index in [0.717, 1.165) is 26.2 Å². The molecule has 0 bridgehead atoms. The van der Waals surface area contributed by atoms with Gasteiger partial charge in [0.2, 0.25) is 0 Å². The molecule has 4 heteroatoms. The maximum atomic E-state index is 12.4. The van der Waals surface area contributed by atoms with Crippen molar-refractivity contribution in [3.05, 3.63) is 58.1 Å². The summed E-state index contributed by atoms with van der Waals surface area (Å²) >= 11 is 2.40. The Bertz CT molecular complexity index is 555. The average molecular weight is 339 g/mol. The van der Waals surface area contributed by atoms with Gasteiger partial charge in [-0.25, -0.2) is 0 Å². The Hall–Kier alpha value is -0.970. The monoisotopic (exact) mass is 338 g/mol. The third-order valence-electron chi connectivity index (χ3n) is 2.79. The van der Waals surface area contributed by atoms with Gasteiger partial charge in [-0.15, -0.1) is 0 Å². The van der Waals surface area contributed by atoms with Gasteiger partial charge in [0.1, 0.15) is 11.5 Å². The normalized spacial score (nSPS) is 12.2. The van der Waals surface area contributed by atoms with Gasteiger partial charge in [0.25, 0.3) is 0 Å². The maximum absolute atomic E-state index is 12.4. The van der Waals surface area contributed by atoms with E-state index in [-0.39, 0.29) is 0 Å². The van der Waals surface area contributed by atoms with Crippen molar-refractivity contribution in [2.75, 3.05) is 7.11 Å². The van der Waals surface area contributed by atoms with Gasteiger partial charge in [-0.05, 0) is 63.9 Å². The van der Waals surface area contributed by atoms with E-state index >= 15 is 0 Å². The average Bonchev–Trinajstić information content (AvgIpc) is 2.42. The minimum absolute atomic E-state index is 0.506. The van der Waals surface area contributed by atoms with Crippen molar-refractivity contribution in [2.24, 2.45) is 0 Å². The molecule has 2 aromatic carbocycles. The first-order valence-electron chi connectivity index (χ1n) is 5.87. The SMILES string of the molecule is COc1ccc(C[S+]([O-])c2cc(C)ccc2Br)cc1. The van der Waals surface area contributed by atoms with Crippen LogP contribution in [-0.2, 0) is 16.9 Å². The fraction of sp³-hybridized carbons (Fsp3) is 0.200. The lowest BCUT2D eigenvalue weighted by atomic mass is 10.2. The number of rotatable bonds is 4. The Balaban J connectivity index is 2.15. The molecule has 0 fully saturated rings. The number of aryl methyl sites for hydroxylation is 1. The Labute approximate surface area is 125 Å². The van der Waals surface area contributed by atoms with Crippen molar-refractivity contribution in [2.45, 2.75) is 17.6 Å². The fourth-order valence-corrected chi connectivity index (χ4v) is 3.78. The van der Waals surface area contributed by atoms with Crippen LogP contribution in [0, 0.1) is 6.92 Å². The Morgan fingerprint density at radius 2 is 1.84 bits per heavy atom.